The maximum absolute atomic E-state index is 13.4. The van der Waals surface area contributed by atoms with Crippen LogP contribution in [0.2, 0.25) is 0 Å². The summed E-state index contributed by atoms with van der Waals surface area (Å²) in [6.07, 6.45) is 7.51. The first-order valence-electron chi connectivity index (χ1n) is 12.1. The number of rotatable bonds is 10. The quantitative estimate of drug-likeness (QED) is 0.143. The molecule has 6 heteroatoms. The molecule has 36 heavy (non-hydrogen) atoms. The standard InChI is InChI=1S/C30H28FN3O2/c31-24-11-12-26-22(17-33-28(26)16-24)14-15-32-18-25(35)20-34-19-23(27-8-4-5-9-29(27)34)10-13-30(36)21-6-2-1-3-7-21/h1-13,16-17,19,25,32-33,35H,14-15,18,20H2. The first-order valence-corrected chi connectivity index (χ1v) is 12.1. The number of aromatic amines is 1. The lowest BCUT2D eigenvalue weighted by atomic mass is 10.1. The number of para-hydroxylation sites is 1. The fourth-order valence-corrected chi connectivity index (χ4v) is 4.57. The van der Waals surface area contributed by atoms with Crippen molar-refractivity contribution in [3.05, 3.63) is 114 Å². The van der Waals surface area contributed by atoms with Crippen molar-refractivity contribution >= 4 is 33.7 Å². The number of halogens is 1. The van der Waals surface area contributed by atoms with E-state index in [1.54, 1.807) is 24.3 Å². The predicted octanol–water partition coefficient (Wildman–Crippen LogP) is 5.35. The van der Waals surface area contributed by atoms with E-state index in [0.29, 0.717) is 25.2 Å². The molecule has 0 bridgehead atoms. The highest BCUT2D eigenvalue weighted by atomic mass is 19.1. The molecule has 0 aliphatic heterocycles. The van der Waals surface area contributed by atoms with Crippen molar-refractivity contribution in [1.29, 1.82) is 0 Å². The summed E-state index contributed by atoms with van der Waals surface area (Å²) in [7, 11) is 0. The van der Waals surface area contributed by atoms with Crippen LogP contribution in [-0.2, 0) is 13.0 Å². The number of aliphatic hydroxyl groups excluding tert-OH is 1. The van der Waals surface area contributed by atoms with E-state index in [1.807, 2.05) is 65.5 Å². The number of nitrogens with zero attached hydrogens (tertiary/aromatic N) is 1. The van der Waals surface area contributed by atoms with E-state index in [9.17, 15) is 14.3 Å². The normalized spacial score (nSPS) is 12.6. The smallest absolute Gasteiger partial charge is 0.185 e. The van der Waals surface area contributed by atoms with Gasteiger partial charge in [0.2, 0.25) is 0 Å². The third-order valence-electron chi connectivity index (χ3n) is 6.38. The second-order valence-corrected chi connectivity index (χ2v) is 8.93. The molecular weight excluding hydrogens is 453 g/mol. The Morgan fingerprint density at radius 1 is 1.06 bits per heavy atom. The summed E-state index contributed by atoms with van der Waals surface area (Å²) in [5, 5.41) is 16.1. The average molecular weight is 482 g/mol. The number of ketones is 1. The zero-order valence-corrected chi connectivity index (χ0v) is 19.8. The van der Waals surface area contributed by atoms with Crippen LogP contribution in [0.3, 0.4) is 0 Å². The van der Waals surface area contributed by atoms with Crippen LogP contribution in [0.5, 0.6) is 0 Å². The van der Waals surface area contributed by atoms with E-state index in [2.05, 4.69) is 10.3 Å². The number of hydrogen-bond acceptors (Lipinski definition) is 3. The number of aromatic nitrogens is 2. The summed E-state index contributed by atoms with van der Waals surface area (Å²) in [6.45, 7) is 1.57. The van der Waals surface area contributed by atoms with E-state index in [4.69, 9.17) is 0 Å². The van der Waals surface area contributed by atoms with Gasteiger partial charge in [0.1, 0.15) is 5.82 Å². The van der Waals surface area contributed by atoms with Crippen LogP contribution >= 0.6 is 0 Å². The minimum Gasteiger partial charge on any atom is -0.390 e. The lowest BCUT2D eigenvalue weighted by Gasteiger charge is -2.13. The lowest BCUT2D eigenvalue weighted by Crippen LogP contribution is -2.31. The Morgan fingerprint density at radius 2 is 1.86 bits per heavy atom. The van der Waals surface area contributed by atoms with Crippen molar-refractivity contribution in [2.24, 2.45) is 0 Å². The predicted molar refractivity (Wildman–Crippen MR) is 143 cm³/mol. The van der Waals surface area contributed by atoms with Crippen LogP contribution in [0.1, 0.15) is 21.5 Å². The number of nitrogens with one attached hydrogen (secondary N) is 2. The molecule has 5 aromatic rings. The van der Waals surface area contributed by atoms with E-state index < -0.39 is 6.10 Å². The van der Waals surface area contributed by atoms with Crippen molar-refractivity contribution in [2.75, 3.05) is 13.1 Å². The molecule has 3 aromatic carbocycles. The number of H-pyrrole nitrogens is 1. The molecule has 1 atom stereocenters. The molecule has 0 saturated carbocycles. The van der Waals surface area contributed by atoms with E-state index in [0.717, 1.165) is 39.4 Å². The number of allylic oxidation sites excluding steroid dienone is 1. The maximum Gasteiger partial charge on any atom is 0.185 e. The zero-order chi connectivity index (χ0) is 24.9. The number of hydrogen-bond donors (Lipinski definition) is 3. The molecule has 5 nitrogen and oxygen atoms in total. The molecule has 2 heterocycles. The second-order valence-electron chi connectivity index (χ2n) is 8.93. The SMILES string of the molecule is O=C(C=Cc1cn(CC(O)CNCCc2c[nH]c3cc(F)ccc23)c2ccccc12)c1ccccc1. The Labute approximate surface area is 208 Å². The maximum atomic E-state index is 13.4. The van der Waals surface area contributed by atoms with Gasteiger partial charge in [-0.15, -0.1) is 0 Å². The molecule has 182 valence electrons. The van der Waals surface area contributed by atoms with Gasteiger partial charge in [0, 0.05) is 58.4 Å². The Bertz CT molecular complexity index is 1520. The van der Waals surface area contributed by atoms with Crippen LogP contribution in [-0.4, -0.2) is 39.6 Å². The van der Waals surface area contributed by atoms with Crippen LogP contribution in [0.25, 0.3) is 27.9 Å². The molecule has 0 saturated heterocycles. The highest BCUT2D eigenvalue weighted by Gasteiger charge is 2.11. The van der Waals surface area contributed by atoms with Crippen molar-refractivity contribution in [3.63, 3.8) is 0 Å². The fraction of sp³-hybridized carbons (Fsp3) is 0.167. The van der Waals surface area contributed by atoms with Gasteiger partial charge in [-0.1, -0.05) is 48.5 Å². The Hall–Kier alpha value is -4.00. The molecule has 0 fully saturated rings. The molecule has 2 aromatic heterocycles. The van der Waals surface area contributed by atoms with Crippen molar-refractivity contribution in [2.45, 2.75) is 19.1 Å². The zero-order valence-electron chi connectivity index (χ0n) is 19.8. The minimum atomic E-state index is -0.583. The summed E-state index contributed by atoms with van der Waals surface area (Å²) in [5.41, 5.74) is 4.50. The van der Waals surface area contributed by atoms with Crippen LogP contribution < -0.4 is 5.32 Å². The summed E-state index contributed by atoms with van der Waals surface area (Å²) >= 11 is 0. The summed E-state index contributed by atoms with van der Waals surface area (Å²) in [4.78, 5) is 15.6. The van der Waals surface area contributed by atoms with E-state index in [1.165, 1.54) is 12.1 Å². The average Bonchev–Trinajstić information content (AvgIpc) is 3.46. The monoisotopic (exact) mass is 481 g/mol. The lowest BCUT2D eigenvalue weighted by molar-refractivity contribution is 0.104. The Balaban J connectivity index is 1.20. The summed E-state index contributed by atoms with van der Waals surface area (Å²) in [6, 6.07) is 21.9. The molecule has 0 radical (unpaired) electrons. The number of benzene rings is 3. The van der Waals surface area contributed by atoms with Crippen molar-refractivity contribution in [3.8, 4) is 0 Å². The van der Waals surface area contributed by atoms with Gasteiger partial charge in [0.05, 0.1) is 6.10 Å². The van der Waals surface area contributed by atoms with Gasteiger partial charge < -0.3 is 20.0 Å². The van der Waals surface area contributed by atoms with Crippen LogP contribution in [0.4, 0.5) is 4.39 Å². The van der Waals surface area contributed by atoms with Gasteiger partial charge in [-0.3, -0.25) is 4.79 Å². The van der Waals surface area contributed by atoms with Gasteiger partial charge in [0.25, 0.3) is 0 Å². The van der Waals surface area contributed by atoms with Crippen molar-refractivity contribution < 1.29 is 14.3 Å². The molecular formula is C30H28FN3O2. The highest BCUT2D eigenvalue weighted by molar-refractivity contribution is 6.07. The van der Waals surface area contributed by atoms with Gasteiger partial charge >= 0.3 is 0 Å². The van der Waals surface area contributed by atoms with Gasteiger partial charge in [-0.2, -0.15) is 0 Å². The topological polar surface area (TPSA) is 70.1 Å². The third-order valence-corrected chi connectivity index (χ3v) is 6.38. The second kappa shape index (κ2) is 10.7. The molecule has 0 spiro atoms. The molecule has 3 N–H and O–H groups in total. The fourth-order valence-electron chi connectivity index (χ4n) is 4.57. The van der Waals surface area contributed by atoms with Gasteiger partial charge in [-0.05, 0) is 54.9 Å². The van der Waals surface area contributed by atoms with Crippen LogP contribution in [0.15, 0.2) is 91.3 Å². The number of aliphatic hydroxyl groups is 1. The molecule has 5 rings (SSSR count). The Morgan fingerprint density at radius 3 is 2.72 bits per heavy atom. The Kier molecular flexibility index (Phi) is 7.07. The molecule has 1 unspecified atom stereocenters. The largest absolute Gasteiger partial charge is 0.390 e. The van der Waals surface area contributed by atoms with E-state index >= 15 is 0 Å². The number of carbonyl (C=O) groups is 1. The van der Waals surface area contributed by atoms with Gasteiger partial charge in [0.15, 0.2) is 5.78 Å². The number of fused-ring (bicyclic) bond motifs is 2. The van der Waals surface area contributed by atoms with Crippen molar-refractivity contribution in [1.82, 2.24) is 14.9 Å². The summed E-state index contributed by atoms with van der Waals surface area (Å²) < 4.78 is 15.4. The first kappa shape index (κ1) is 23.7. The van der Waals surface area contributed by atoms with E-state index in [-0.39, 0.29) is 11.6 Å². The minimum absolute atomic E-state index is 0.0444. The summed E-state index contributed by atoms with van der Waals surface area (Å²) in [5.74, 6) is -0.298. The molecule has 0 amide bonds. The first-order chi connectivity index (χ1) is 17.6. The highest BCUT2D eigenvalue weighted by Crippen LogP contribution is 2.23. The molecule has 0 aliphatic carbocycles. The van der Waals surface area contributed by atoms with Crippen LogP contribution in [0, 0.1) is 5.82 Å². The molecule has 0 aliphatic rings. The number of carbonyl (C=O) groups excluding carboxylic acids is 1. The third kappa shape index (κ3) is 5.30. The van der Waals surface area contributed by atoms with Gasteiger partial charge in [-0.25, -0.2) is 4.39 Å².